The minimum absolute atomic E-state index is 0.0280. The summed E-state index contributed by atoms with van der Waals surface area (Å²) in [5.74, 6) is 0.843. The van der Waals surface area contributed by atoms with Crippen LogP contribution in [-0.2, 0) is 0 Å². The molecule has 2 aromatic heterocycles. The van der Waals surface area contributed by atoms with Gasteiger partial charge in [0.1, 0.15) is 5.82 Å². The summed E-state index contributed by atoms with van der Waals surface area (Å²) in [7, 11) is 2.14. The lowest BCUT2D eigenvalue weighted by molar-refractivity contribution is 0.127. The van der Waals surface area contributed by atoms with Crippen molar-refractivity contribution in [3.05, 3.63) is 45.6 Å². The van der Waals surface area contributed by atoms with Crippen LogP contribution in [0.25, 0.3) is 4.96 Å². The summed E-state index contributed by atoms with van der Waals surface area (Å²) in [6.45, 7) is 5.72. The van der Waals surface area contributed by atoms with Gasteiger partial charge in [0.15, 0.2) is 0 Å². The first-order valence-corrected chi connectivity index (χ1v) is 9.45. The number of piperazine rings is 1. The maximum atomic E-state index is 10.8. The molecule has 1 saturated heterocycles. The number of benzene rings is 1. The monoisotopic (exact) mass is 377 g/mol. The number of rotatable bonds is 3. The molecule has 8 heteroatoms. The predicted molar refractivity (Wildman–Crippen MR) is 99.6 cm³/mol. The molecule has 3 heterocycles. The Morgan fingerprint density at radius 2 is 1.84 bits per heavy atom. The maximum absolute atomic E-state index is 10.8. The van der Waals surface area contributed by atoms with Gasteiger partial charge in [-0.25, -0.2) is 4.98 Å². The third kappa shape index (κ3) is 3.13. The summed E-state index contributed by atoms with van der Waals surface area (Å²) in [6, 6.07) is 7.84. The molecule has 1 aliphatic heterocycles. The first kappa shape index (κ1) is 16.8. The van der Waals surface area contributed by atoms with E-state index in [4.69, 9.17) is 11.6 Å². The summed E-state index contributed by atoms with van der Waals surface area (Å²) in [6.07, 6.45) is 0. The molecule has 132 valence electrons. The van der Waals surface area contributed by atoms with Crippen molar-refractivity contribution in [2.45, 2.75) is 13.0 Å². The molecule has 1 N–H and O–H groups in total. The van der Waals surface area contributed by atoms with Crippen molar-refractivity contribution in [1.82, 2.24) is 24.4 Å². The van der Waals surface area contributed by atoms with Gasteiger partial charge >= 0.3 is 0 Å². The van der Waals surface area contributed by atoms with E-state index in [9.17, 15) is 5.11 Å². The number of hydrogen-bond donors (Lipinski definition) is 1. The van der Waals surface area contributed by atoms with Crippen LogP contribution < -0.4 is 0 Å². The van der Waals surface area contributed by atoms with E-state index in [-0.39, 0.29) is 11.9 Å². The van der Waals surface area contributed by atoms with Gasteiger partial charge in [-0.1, -0.05) is 35.1 Å². The number of hydrogen-bond acceptors (Lipinski definition) is 6. The van der Waals surface area contributed by atoms with E-state index < -0.39 is 0 Å². The molecule has 0 radical (unpaired) electrons. The van der Waals surface area contributed by atoms with Gasteiger partial charge in [0, 0.05) is 31.2 Å². The van der Waals surface area contributed by atoms with E-state index in [0.717, 1.165) is 41.6 Å². The Bertz CT molecular complexity index is 882. The molecule has 1 aromatic carbocycles. The van der Waals surface area contributed by atoms with Gasteiger partial charge in [-0.15, -0.1) is 5.10 Å². The first-order chi connectivity index (χ1) is 12.0. The number of nitrogens with zero attached hydrogens (tertiary/aromatic N) is 5. The summed E-state index contributed by atoms with van der Waals surface area (Å²) < 4.78 is 1.54. The Morgan fingerprint density at radius 3 is 2.48 bits per heavy atom. The van der Waals surface area contributed by atoms with Crippen LogP contribution in [0.2, 0.25) is 5.02 Å². The Hall–Kier alpha value is -1.67. The second-order valence-electron chi connectivity index (χ2n) is 6.44. The van der Waals surface area contributed by atoms with Crippen LogP contribution in [0, 0.1) is 6.92 Å². The molecule has 6 nitrogen and oxygen atoms in total. The number of fused-ring (bicyclic) bond motifs is 1. The first-order valence-electron chi connectivity index (χ1n) is 8.26. The van der Waals surface area contributed by atoms with Gasteiger partial charge in [0.25, 0.3) is 0 Å². The Morgan fingerprint density at radius 1 is 1.16 bits per heavy atom. The molecule has 25 heavy (non-hydrogen) atoms. The van der Waals surface area contributed by atoms with Crippen molar-refractivity contribution in [3.8, 4) is 5.88 Å². The lowest BCUT2D eigenvalue weighted by Crippen LogP contribution is -2.46. The summed E-state index contributed by atoms with van der Waals surface area (Å²) in [5, 5.41) is 15.8. The van der Waals surface area contributed by atoms with Gasteiger partial charge in [-0.05, 0) is 31.7 Å². The minimum Gasteiger partial charge on any atom is -0.492 e. The fourth-order valence-electron chi connectivity index (χ4n) is 3.28. The van der Waals surface area contributed by atoms with Crippen molar-refractivity contribution < 1.29 is 5.11 Å². The standard InChI is InChI=1S/C17H20ClN5OS/c1-11-19-17-23(20-11)16(24)15(25-17)14(12-3-5-13(18)6-4-12)22-9-7-21(2)8-10-22/h3-6,14,24H,7-10H2,1-2H3. The zero-order valence-corrected chi connectivity index (χ0v) is 15.8. The topological polar surface area (TPSA) is 56.9 Å². The molecular formula is C17H20ClN5OS. The highest BCUT2D eigenvalue weighted by molar-refractivity contribution is 7.17. The number of aryl methyl sites for hydroxylation is 1. The lowest BCUT2D eigenvalue weighted by Gasteiger charge is -2.37. The third-order valence-electron chi connectivity index (χ3n) is 4.64. The highest BCUT2D eigenvalue weighted by Crippen LogP contribution is 2.40. The summed E-state index contributed by atoms with van der Waals surface area (Å²) >= 11 is 7.57. The van der Waals surface area contributed by atoms with Gasteiger partial charge in [0.2, 0.25) is 10.8 Å². The fourth-order valence-corrected chi connectivity index (χ4v) is 4.57. The molecule has 0 bridgehead atoms. The van der Waals surface area contributed by atoms with E-state index in [0.29, 0.717) is 10.8 Å². The largest absolute Gasteiger partial charge is 0.492 e. The quantitative estimate of drug-likeness (QED) is 0.760. The molecule has 0 spiro atoms. The molecule has 0 saturated carbocycles. The van der Waals surface area contributed by atoms with Crippen LogP contribution in [-0.4, -0.2) is 62.7 Å². The van der Waals surface area contributed by atoms with Gasteiger partial charge in [0.05, 0.1) is 10.9 Å². The van der Waals surface area contributed by atoms with Crippen molar-refractivity contribution in [2.75, 3.05) is 33.2 Å². The van der Waals surface area contributed by atoms with E-state index >= 15 is 0 Å². The zero-order valence-electron chi connectivity index (χ0n) is 14.2. The van der Waals surface area contributed by atoms with Crippen LogP contribution in [0.1, 0.15) is 22.3 Å². The van der Waals surface area contributed by atoms with E-state index in [1.54, 1.807) is 0 Å². The number of aromatic nitrogens is 3. The summed E-state index contributed by atoms with van der Waals surface area (Å²) in [4.78, 5) is 10.7. The maximum Gasteiger partial charge on any atom is 0.230 e. The molecule has 1 atom stereocenters. The minimum atomic E-state index is -0.0280. The average Bonchev–Trinajstić information content (AvgIpc) is 3.09. The molecule has 4 rings (SSSR count). The van der Waals surface area contributed by atoms with Gasteiger partial charge in [-0.3, -0.25) is 4.90 Å². The molecule has 1 unspecified atom stereocenters. The molecule has 1 fully saturated rings. The van der Waals surface area contributed by atoms with Crippen LogP contribution in [0.5, 0.6) is 5.88 Å². The smallest absolute Gasteiger partial charge is 0.230 e. The number of aromatic hydroxyl groups is 1. The van der Waals surface area contributed by atoms with Crippen LogP contribution >= 0.6 is 22.9 Å². The van der Waals surface area contributed by atoms with Gasteiger partial charge in [-0.2, -0.15) is 4.52 Å². The van der Waals surface area contributed by atoms with E-state index in [2.05, 4.69) is 26.9 Å². The van der Waals surface area contributed by atoms with Crippen molar-refractivity contribution in [2.24, 2.45) is 0 Å². The SMILES string of the molecule is Cc1nc2sc(C(c3ccc(Cl)cc3)N3CCN(C)CC3)c(O)n2n1. The van der Waals surface area contributed by atoms with Crippen LogP contribution in [0.3, 0.4) is 0 Å². The highest BCUT2D eigenvalue weighted by atomic mass is 35.5. The van der Waals surface area contributed by atoms with E-state index in [1.165, 1.54) is 15.9 Å². The van der Waals surface area contributed by atoms with Crippen molar-refractivity contribution >= 4 is 27.9 Å². The second-order valence-corrected chi connectivity index (χ2v) is 7.88. The molecule has 0 amide bonds. The second kappa shape index (κ2) is 6.57. The predicted octanol–water partition coefficient (Wildman–Crippen LogP) is 2.80. The Balaban J connectivity index is 1.79. The molecular weight excluding hydrogens is 358 g/mol. The normalized spacial score (nSPS) is 18.0. The number of likely N-dealkylation sites (N-methyl/N-ethyl adjacent to an activating group) is 1. The lowest BCUT2D eigenvalue weighted by atomic mass is 10.0. The zero-order chi connectivity index (χ0) is 17.6. The molecule has 3 aromatic rings. The number of thiazole rings is 1. The fraction of sp³-hybridized carbons (Fsp3) is 0.412. The Kier molecular flexibility index (Phi) is 4.41. The van der Waals surface area contributed by atoms with Crippen LogP contribution in [0.4, 0.5) is 0 Å². The van der Waals surface area contributed by atoms with Crippen molar-refractivity contribution in [3.63, 3.8) is 0 Å². The van der Waals surface area contributed by atoms with E-state index in [1.807, 2.05) is 31.2 Å². The highest BCUT2D eigenvalue weighted by Gasteiger charge is 2.31. The molecule has 0 aliphatic carbocycles. The molecule has 1 aliphatic rings. The van der Waals surface area contributed by atoms with Gasteiger partial charge < -0.3 is 10.0 Å². The summed E-state index contributed by atoms with van der Waals surface area (Å²) in [5.41, 5.74) is 1.12. The number of halogens is 1. The third-order valence-corrected chi connectivity index (χ3v) is 5.97. The average molecular weight is 378 g/mol. The Labute approximate surface area is 155 Å². The van der Waals surface area contributed by atoms with Crippen molar-refractivity contribution in [1.29, 1.82) is 0 Å². The van der Waals surface area contributed by atoms with Crippen LogP contribution in [0.15, 0.2) is 24.3 Å².